The normalized spacial score (nSPS) is 10.5. The van der Waals surface area contributed by atoms with Crippen LogP contribution in [-0.4, -0.2) is 30.5 Å². The van der Waals surface area contributed by atoms with E-state index in [0.29, 0.717) is 22.0 Å². The van der Waals surface area contributed by atoms with Gasteiger partial charge in [0.05, 0.1) is 16.9 Å². The summed E-state index contributed by atoms with van der Waals surface area (Å²) in [6.07, 6.45) is 1.39. The van der Waals surface area contributed by atoms with E-state index in [1.165, 1.54) is 6.21 Å². The van der Waals surface area contributed by atoms with Gasteiger partial charge in [-0.15, -0.1) is 0 Å². The van der Waals surface area contributed by atoms with Gasteiger partial charge in [-0.05, 0) is 54.4 Å². The van der Waals surface area contributed by atoms with Gasteiger partial charge >= 0.3 is 11.8 Å². The van der Waals surface area contributed by atoms with E-state index in [1.54, 1.807) is 48.5 Å². The third-order valence-corrected chi connectivity index (χ3v) is 4.89. The van der Waals surface area contributed by atoms with Crippen molar-refractivity contribution in [2.24, 2.45) is 5.10 Å². The zero-order valence-electron chi connectivity index (χ0n) is 18.4. The molecule has 3 N–H and O–H groups in total. The van der Waals surface area contributed by atoms with E-state index in [1.807, 2.05) is 31.2 Å². The number of rotatable bonds is 8. The molecule has 9 heteroatoms. The molecule has 3 aromatic carbocycles. The Morgan fingerprint density at radius 2 is 1.65 bits per heavy atom. The highest BCUT2D eigenvalue weighted by Crippen LogP contribution is 2.20. The zero-order valence-corrected chi connectivity index (χ0v) is 19.1. The molecular formula is C25H23ClN4O4. The number of hydrazone groups is 1. The summed E-state index contributed by atoms with van der Waals surface area (Å²) in [5, 5.41) is 9.43. The highest BCUT2D eigenvalue weighted by Gasteiger charge is 2.12. The Morgan fingerprint density at radius 1 is 0.941 bits per heavy atom. The number of amides is 3. The highest BCUT2D eigenvalue weighted by atomic mass is 35.5. The molecule has 0 unspecified atom stereocenters. The summed E-state index contributed by atoms with van der Waals surface area (Å²) < 4.78 is 5.46. The van der Waals surface area contributed by atoms with Crippen molar-refractivity contribution in [3.05, 3.63) is 94.5 Å². The SMILES string of the molecule is Cc1ccc(CNC(=O)C(=O)N/N=C\c2ccc(OCC(=O)Nc3ccccc3Cl)cc2)cc1. The Balaban J connectivity index is 1.40. The van der Waals surface area contributed by atoms with Crippen molar-refractivity contribution in [2.75, 3.05) is 11.9 Å². The number of para-hydroxylation sites is 1. The average Bonchev–Trinajstić information content (AvgIpc) is 2.84. The number of benzene rings is 3. The molecule has 0 aliphatic heterocycles. The van der Waals surface area contributed by atoms with Crippen LogP contribution in [0.15, 0.2) is 77.9 Å². The minimum absolute atomic E-state index is 0.188. The van der Waals surface area contributed by atoms with E-state index in [9.17, 15) is 14.4 Å². The largest absolute Gasteiger partial charge is 0.484 e. The van der Waals surface area contributed by atoms with Crippen LogP contribution in [0.4, 0.5) is 5.69 Å². The molecule has 34 heavy (non-hydrogen) atoms. The van der Waals surface area contributed by atoms with E-state index in [4.69, 9.17) is 16.3 Å². The Kier molecular flexibility index (Phi) is 8.76. The maximum absolute atomic E-state index is 12.0. The third-order valence-electron chi connectivity index (χ3n) is 4.56. The second-order valence-corrected chi connectivity index (χ2v) is 7.66. The van der Waals surface area contributed by atoms with Crippen molar-refractivity contribution in [3.8, 4) is 5.75 Å². The Morgan fingerprint density at radius 3 is 2.35 bits per heavy atom. The molecule has 0 atom stereocenters. The Hall–Kier alpha value is -4.17. The molecule has 3 rings (SSSR count). The topological polar surface area (TPSA) is 109 Å². The van der Waals surface area contributed by atoms with E-state index in [2.05, 4.69) is 21.2 Å². The first kappa shape index (κ1) is 24.5. The number of nitrogens with zero attached hydrogens (tertiary/aromatic N) is 1. The third kappa shape index (κ3) is 7.75. The molecule has 0 saturated heterocycles. The van der Waals surface area contributed by atoms with Crippen LogP contribution in [0.25, 0.3) is 0 Å². The van der Waals surface area contributed by atoms with Gasteiger partial charge in [-0.1, -0.05) is 53.6 Å². The van der Waals surface area contributed by atoms with Crippen LogP contribution in [0.3, 0.4) is 0 Å². The smallest absolute Gasteiger partial charge is 0.329 e. The van der Waals surface area contributed by atoms with E-state index >= 15 is 0 Å². The number of hydrogen-bond donors (Lipinski definition) is 3. The van der Waals surface area contributed by atoms with Crippen molar-refractivity contribution in [1.29, 1.82) is 0 Å². The zero-order chi connectivity index (χ0) is 24.3. The minimum Gasteiger partial charge on any atom is -0.484 e. The van der Waals surface area contributed by atoms with Gasteiger partial charge in [-0.2, -0.15) is 5.10 Å². The van der Waals surface area contributed by atoms with Crippen LogP contribution in [0.2, 0.25) is 5.02 Å². The van der Waals surface area contributed by atoms with Crippen molar-refractivity contribution < 1.29 is 19.1 Å². The van der Waals surface area contributed by atoms with Crippen molar-refractivity contribution >= 4 is 41.2 Å². The number of anilines is 1. The number of halogens is 1. The summed E-state index contributed by atoms with van der Waals surface area (Å²) in [7, 11) is 0. The van der Waals surface area contributed by atoms with Gasteiger partial charge in [-0.3, -0.25) is 14.4 Å². The fourth-order valence-corrected chi connectivity index (χ4v) is 2.92. The fraction of sp³-hybridized carbons (Fsp3) is 0.120. The Labute approximate surface area is 202 Å². The van der Waals surface area contributed by atoms with Gasteiger partial charge in [0.1, 0.15) is 5.75 Å². The van der Waals surface area contributed by atoms with Crippen LogP contribution < -0.4 is 20.8 Å². The molecule has 0 aliphatic carbocycles. The molecule has 3 aromatic rings. The highest BCUT2D eigenvalue weighted by molar-refractivity contribution is 6.35. The molecule has 0 saturated carbocycles. The summed E-state index contributed by atoms with van der Waals surface area (Å²) in [6.45, 7) is 2.03. The van der Waals surface area contributed by atoms with Crippen LogP contribution >= 0.6 is 11.6 Å². The first-order valence-electron chi connectivity index (χ1n) is 10.3. The predicted molar refractivity (Wildman–Crippen MR) is 131 cm³/mol. The summed E-state index contributed by atoms with van der Waals surface area (Å²) in [6, 6.07) is 21.2. The molecule has 8 nitrogen and oxygen atoms in total. The summed E-state index contributed by atoms with van der Waals surface area (Å²) in [5.74, 6) is -1.52. The number of ether oxygens (including phenoxy) is 1. The molecule has 3 amide bonds. The lowest BCUT2D eigenvalue weighted by Crippen LogP contribution is -2.37. The second kappa shape index (κ2) is 12.2. The fourth-order valence-electron chi connectivity index (χ4n) is 2.73. The molecule has 0 fully saturated rings. The first-order chi connectivity index (χ1) is 16.4. The molecule has 174 valence electrons. The lowest BCUT2D eigenvalue weighted by Gasteiger charge is -2.08. The molecule has 0 bridgehead atoms. The summed E-state index contributed by atoms with van der Waals surface area (Å²) in [5.41, 5.74) is 5.35. The van der Waals surface area contributed by atoms with Crippen molar-refractivity contribution in [1.82, 2.24) is 10.7 Å². The molecule has 0 spiro atoms. The molecule has 0 heterocycles. The standard InChI is InChI=1S/C25H23ClN4O4/c1-17-6-8-18(9-7-17)14-27-24(32)25(33)30-28-15-19-10-12-20(13-11-19)34-16-23(31)29-22-5-3-2-4-21(22)26/h2-13,15H,14,16H2,1H3,(H,27,32)(H,29,31)(H,30,33)/b28-15-. The van der Waals surface area contributed by atoms with Gasteiger partial charge in [0.15, 0.2) is 6.61 Å². The molecule has 0 radical (unpaired) electrons. The number of hydrogen-bond acceptors (Lipinski definition) is 5. The predicted octanol–water partition coefficient (Wildman–Crippen LogP) is 3.43. The first-order valence-corrected chi connectivity index (χ1v) is 10.7. The molecule has 0 aromatic heterocycles. The van der Waals surface area contributed by atoms with Gasteiger partial charge in [0.25, 0.3) is 5.91 Å². The Bertz CT molecular complexity index is 1180. The number of carbonyl (C=O) groups is 3. The van der Waals surface area contributed by atoms with Crippen molar-refractivity contribution in [3.63, 3.8) is 0 Å². The quantitative estimate of drug-likeness (QED) is 0.262. The van der Waals surface area contributed by atoms with Crippen LogP contribution in [0, 0.1) is 6.92 Å². The lowest BCUT2D eigenvalue weighted by atomic mass is 10.1. The van der Waals surface area contributed by atoms with E-state index in [-0.39, 0.29) is 19.1 Å². The van der Waals surface area contributed by atoms with Crippen LogP contribution in [-0.2, 0) is 20.9 Å². The maximum atomic E-state index is 12.0. The summed E-state index contributed by atoms with van der Waals surface area (Å²) in [4.78, 5) is 35.8. The van der Waals surface area contributed by atoms with Crippen LogP contribution in [0.5, 0.6) is 5.75 Å². The van der Waals surface area contributed by atoms with E-state index in [0.717, 1.165) is 11.1 Å². The summed E-state index contributed by atoms with van der Waals surface area (Å²) >= 11 is 6.01. The van der Waals surface area contributed by atoms with Gasteiger partial charge in [0, 0.05) is 6.54 Å². The van der Waals surface area contributed by atoms with Gasteiger partial charge < -0.3 is 15.4 Å². The minimum atomic E-state index is -0.868. The van der Waals surface area contributed by atoms with Gasteiger partial charge in [0.2, 0.25) is 0 Å². The second-order valence-electron chi connectivity index (χ2n) is 7.25. The monoisotopic (exact) mass is 478 g/mol. The average molecular weight is 479 g/mol. The lowest BCUT2D eigenvalue weighted by molar-refractivity contribution is -0.139. The van der Waals surface area contributed by atoms with Crippen LogP contribution in [0.1, 0.15) is 16.7 Å². The number of nitrogens with one attached hydrogen (secondary N) is 3. The number of carbonyl (C=O) groups excluding carboxylic acids is 3. The maximum Gasteiger partial charge on any atom is 0.329 e. The van der Waals surface area contributed by atoms with E-state index < -0.39 is 11.8 Å². The molecule has 0 aliphatic rings. The van der Waals surface area contributed by atoms with Gasteiger partial charge in [-0.25, -0.2) is 5.43 Å². The molecular weight excluding hydrogens is 456 g/mol. The number of aryl methyl sites for hydroxylation is 1. The van der Waals surface area contributed by atoms with Crippen molar-refractivity contribution in [2.45, 2.75) is 13.5 Å².